The summed E-state index contributed by atoms with van der Waals surface area (Å²) in [6, 6.07) is 5.80. The van der Waals surface area contributed by atoms with E-state index in [2.05, 4.69) is 26.8 Å². The molecule has 2 saturated carbocycles. The Balaban J connectivity index is 1.59. The maximum atomic E-state index is 10.6. The van der Waals surface area contributed by atoms with Crippen LogP contribution < -0.4 is 10.6 Å². The molecule has 0 amide bonds. The molecular formula is C23H26N4O. The third-order valence-corrected chi connectivity index (χ3v) is 6.08. The zero-order valence-electron chi connectivity index (χ0n) is 16.0. The number of benzene rings is 1. The predicted octanol–water partition coefficient (Wildman–Crippen LogP) is 3.75. The van der Waals surface area contributed by atoms with Crippen LogP contribution >= 0.6 is 0 Å². The van der Waals surface area contributed by atoms with E-state index in [-0.39, 0.29) is 5.75 Å². The van der Waals surface area contributed by atoms with E-state index in [1.165, 1.54) is 43.2 Å². The van der Waals surface area contributed by atoms with Crippen LogP contribution in [0, 0.1) is 12.3 Å². The second-order valence-corrected chi connectivity index (χ2v) is 8.34. The van der Waals surface area contributed by atoms with Gasteiger partial charge in [0.2, 0.25) is 0 Å². The molecule has 5 rings (SSSR count). The Morgan fingerprint density at radius 3 is 2.50 bits per heavy atom. The Morgan fingerprint density at radius 1 is 1.07 bits per heavy atom. The fourth-order valence-corrected chi connectivity index (χ4v) is 4.33. The number of nitrogens with zero attached hydrogens (tertiary/aromatic N) is 2. The average Bonchev–Trinajstić information content (AvgIpc) is 3.62. The Hall–Kier alpha value is -2.58. The monoisotopic (exact) mass is 374 g/mol. The van der Waals surface area contributed by atoms with Crippen LogP contribution in [0.3, 0.4) is 0 Å². The molecule has 2 aliphatic carbocycles. The van der Waals surface area contributed by atoms with Gasteiger partial charge in [0, 0.05) is 29.3 Å². The molecular weight excluding hydrogens is 348 g/mol. The average molecular weight is 374 g/mol. The van der Waals surface area contributed by atoms with Gasteiger partial charge in [-0.2, -0.15) is 0 Å². The van der Waals surface area contributed by atoms with E-state index in [0.29, 0.717) is 23.4 Å². The molecule has 1 saturated heterocycles. The third kappa shape index (κ3) is 3.33. The van der Waals surface area contributed by atoms with Gasteiger partial charge in [-0.15, -0.1) is 16.6 Å². The first-order valence-electron chi connectivity index (χ1n) is 10.4. The zero-order chi connectivity index (χ0) is 19.1. The van der Waals surface area contributed by atoms with Gasteiger partial charge in [0.15, 0.2) is 5.82 Å². The molecule has 1 aromatic carbocycles. The normalized spacial score (nSPS) is 21.9. The molecule has 144 valence electrons. The maximum Gasteiger partial charge on any atom is 0.152 e. The molecule has 2 heterocycles. The number of phenolic OH excluding ortho intramolecular Hbond substituents is 1. The number of piperidine rings is 1. The molecule has 28 heavy (non-hydrogen) atoms. The lowest BCUT2D eigenvalue weighted by Gasteiger charge is -2.26. The molecule has 0 bridgehead atoms. The third-order valence-electron chi connectivity index (χ3n) is 6.08. The minimum Gasteiger partial charge on any atom is -0.507 e. The summed E-state index contributed by atoms with van der Waals surface area (Å²) in [4.78, 5) is 0. The van der Waals surface area contributed by atoms with Gasteiger partial charge in [0.1, 0.15) is 11.4 Å². The second kappa shape index (κ2) is 7.10. The molecule has 1 atom stereocenters. The molecule has 3 fully saturated rings. The van der Waals surface area contributed by atoms with Crippen LogP contribution in [0.2, 0.25) is 0 Å². The summed E-state index contributed by atoms with van der Waals surface area (Å²) in [6.45, 7) is 2.07. The summed E-state index contributed by atoms with van der Waals surface area (Å²) in [5.74, 6) is 4.82. The van der Waals surface area contributed by atoms with E-state index in [1.807, 2.05) is 12.1 Å². The molecule has 5 heteroatoms. The first-order valence-corrected chi connectivity index (χ1v) is 10.4. The highest BCUT2D eigenvalue weighted by molar-refractivity contribution is 5.75. The summed E-state index contributed by atoms with van der Waals surface area (Å²) in [5.41, 5.74) is 4.89. The van der Waals surface area contributed by atoms with Gasteiger partial charge in [-0.1, -0.05) is 5.92 Å². The van der Waals surface area contributed by atoms with E-state index in [1.54, 1.807) is 6.07 Å². The van der Waals surface area contributed by atoms with Crippen molar-refractivity contribution in [3.8, 4) is 29.4 Å². The van der Waals surface area contributed by atoms with Gasteiger partial charge in [0.25, 0.3) is 0 Å². The summed E-state index contributed by atoms with van der Waals surface area (Å²) in [5, 5.41) is 27.0. The summed E-state index contributed by atoms with van der Waals surface area (Å²) in [6.07, 6.45) is 12.6. The number of anilines is 1. The van der Waals surface area contributed by atoms with Gasteiger partial charge >= 0.3 is 0 Å². The Bertz CT molecular complexity index is 934. The zero-order valence-corrected chi connectivity index (χ0v) is 16.0. The highest BCUT2D eigenvalue weighted by Gasteiger charge is 2.38. The lowest BCUT2D eigenvalue weighted by molar-refractivity contribution is 0.476. The number of phenols is 1. The molecule has 0 radical (unpaired) electrons. The molecule has 1 aliphatic heterocycles. The fraction of sp³-hybridized carbons (Fsp3) is 0.478. The van der Waals surface area contributed by atoms with Crippen molar-refractivity contribution in [1.82, 2.24) is 15.5 Å². The van der Waals surface area contributed by atoms with Gasteiger partial charge in [-0.25, -0.2) is 0 Å². The number of aromatic nitrogens is 2. The number of hydrogen-bond donors (Lipinski definition) is 3. The van der Waals surface area contributed by atoms with Crippen LogP contribution in [-0.4, -0.2) is 34.4 Å². The maximum absolute atomic E-state index is 10.6. The summed E-state index contributed by atoms with van der Waals surface area (Å²) < 4.78 is 0. The van der Waals surface area contributed by atoms with E-state index >= 15 is 0 Å². The first-order chi connectivity index (χ1) is 13.7. The van der Waals surface area contributed by atoms with Crippen molar-refractivity contribution in [2.75, 3.05) is 18.4 Å². The van der Waals surface area contributed by atoms with Crippen molar-refractivity contribution < 1.29 is 5.11 Å². The van der Waals surface area contributed by atoms with E-state index < -0.39 is 0 Å². The van der Waals surface area contributed by atoms with Crippen molar-refractivity contribution in [3.63, 3.8) is 0 Å². The van der Waals surface area contributed by atoms with Crippen LogP contribution in [0.4, 0.5) is 5.82 Å². The quantitative estimate of drug-likeness (QED) is 0.696. The van der Waals surface area contributed by atoms with E-state index in [4.69, 9.17) is 6.42 Å². The van der Waals surface area contributed by atoms with Crippen LogP contribution in [-0.2, 0) is 0 Å². The minimum absolute atomic E-state index is 0.186. The van der Waals surface area contributed by atoms with Crippen LogP contribution in [0.1, 0.15) is 67.1 Å². The Labute approximate surface area is 166 Å². The number of aromatic hydroxyl groups is 1. The Morgan fingerprint density at radius 2 is 1.86 bits per heavy atom. The lowest BCUT2D eigenvalue weighted by Crippen LogP contribution is -2.39. The lowest BCUT2D eigenvalue weighted by atomic mass is 9.94. The van der Waals surface area contributed by atoms with Gasteiger partial charge in [0.05, 0.1) is 0 Å². The number of terminal acetylenes is 1. The fourth-order valence-electron chi connectivity index (χ4n) is 4.33. The summed E-state index contributed by atoms with van der Waals surface area (Å²) in [7, 11) is 0. The van der Waals surface area contributed by atoms with Crippen LogP contribution in [0.15, 0.2) is 18.2 Å². The smallest absolute Gasteiger partial charge is 0.152 e. The van der Waals surface area contributed by atoms with Crippen molar-refractivity contribution >= 4 is 5.82 Å². The molecule has 0 spiro atoms. The van der Waals surface area contributed by atoms with E-state index in [9.17, 15) is 5.11 Å². The van der Waals surface area contributed by atoms with Crippen LogP contribution in [0.25, 0.3) is 11.3 Å². The van der Waals surface area contributed by atoms with Gasteiger partial charge in [-0.05, 0) is 80.7 Å². The van der Waals surface area contributed by atoms with Gasteiger partial charge in [-0.3, -0.25) is 0 Å². The number of hydrogen-bond acceptors (Lipinski definition) is 5. The molecule has 1 unspecified atom stereocenters. The number of nitrogens with one attached hydrogen (secondary N) is 2. The minimum atomic E-state index is 0.186. The first kappa shape index (κ1) is 17.5. The molecule has 3 N–H and O–H groups in total. The van der Waals surface area contributed by atoms with Crippen molar-refractivity contribution in [3.05, 3.63) is 34.9 Å². The molecule has 1 aromatic heterocycles. The summed E-state index contributed by atoms with van der Waals surface area (Å²) >= 11 is 0. The SMILES string of the molecule is C#Cc1ccc(-c2nnc(NC3CCCNC3)c(C3CC3)c2C2CC2)c(O)c1. The molecule has 3 aliphatic rings. The predicted molar refractivity (Wildman–Crippen MR) is 111 cm³/mol. The second-order valence-electron chi connectivity index (χ2n) is 8.34. The van der Waals surface area contributed by atoms with Crippen molar-refractivity contribution in [1.29, 1.82) is 0 Å². The molecule has 5 nitrogen and oxygen atoms in total. The topological polar surface area (TPSA) is 70.1 Å². The standard InChI is InChI=1S/C23H26N4O/c1-2-14-5-10-18(19(28)12-14)22-20(15-6-7-15)21(16-8-9-16)23(27-26-22)25-17-4-3-11-24-13-17/h1,5,10,12,15-17,24,28H,3-4,6-9,11,13H2,(H,25,27). The highest BCUT2D eigenvalue weighted by Crippen LogP contribution is 2.54. The molecule has 2 aromatic rings. The van der Waals surface area contributed by atoms with Crippen molar-refractivity contribution in [2.45, 2.75) is 56.4 Å². The van der Waals surface area contributed by atoms with Crippen LogP contribution in [0.5, 0.6) is 5.75 Å². The number of rotatable bonds is 5. The largest absolute Gasteiger partial charge is 0.507 e. The van der Waals surface area contributed by atoms with Crippen molar-refractivity contribution in [2.24, 2.45) is 0 Å². The highest BCUT2D eigenvalue weighted by atomic mass is 16.3. The Kier molecular flexibility index (Phi) is 4.44. The van der Waals surface area contributed by atoms with E-state index in [0.717, 1.165) is 36.6 Å². The van der Waals surface area contributed by atoms with Gasteiger partial charge < -0.3 is 15.7 Å².